The molecule has 0 aliphatic carbocycles. The SMILES string of the molecule is Fc1ccc([C@H]2CCCNC2)cc1. The lowest BCUT2D eigenvalue weighted by molar-refractivity contribution is 0.461. The number of benzene rings is 1. The quantitative estimate of drug-likeness (QED) is 0.697. The summed E-state index contributed by atoms with van der Waals surface area (Å²) in [6, 6.07) is 6.88. The second-order valence-corrected chi connectivity index (χ2v) is 3.59. The van der Waals surface area contributed by atoms with Crippen molar-refractivity contribution in [1.29, 1.82) is 0 Å². The highest BCUT2D eigenvalue weighted by atomic mass is 19.1. The van der Waals surface area contributed by atoms with Gasteiger partial charge in [-0.05, 0) is 43.0 Å². The minimum absolute atomic E-state index is 0.146. The topological polar surface area (TPSA) is 12.0 Å². The van der Waals surface area contributed by atoms with Crippen LogP contribution in [0.1, 0.15) is 24.3 Å². The Morgan fingerprint density at radius 3 is 2.62 bits per heavy atom. The van der Waals surface area contributed by atoms with Crippen LogP contribution in [0.4, 0.5) is 4.39 Å². The molecule has 1 aliphatic heterocycles. The maximum absolute atomic E-state index is 12.6. The predicted molar refractivity (Wildman–Crippen MR) is 51.2 cm³/mol. The van der Waals surface area contributed by atoms with Crippen molar-refractivity contribution in [3.8, 4) is 0 Å². The Balaban J connectivity index is 2.10. The smallest absolute Gasteiger partial charge is 0.123 e. The van der Waals surface area contributed by atoms with Gasteiger partial charge in [0, 0.05) is 6.54 Å². The van der Waals surface area contributed by atoms with Crippen LogP contribution in [0.3, 0.4) is 0 Å². The van der Waals surface area contributed by atoms with Gasteiger partial charge in [0.05, 0.1) is 0 Å². The molecule has 70 valence electrons. The molecule has 0 saturated carbocycles. The summed E-state index contributed by atoms with van der Waals surface area (Å²) in [5.41, 5.74) is 1.26. The molecule has 13 heavy (non-hydrogen) atoms. The summed E-state index contributed by atoms with van der Waals surface area (Å²) in [5, 5.41) is 3.35. The van der Waals surface area contributed by atoms with Gasteiger partial charge < -0.3 is 5.32 Å². The fourth-order valence-electron chi connectivity index (χ4n) is 1.87. The average Bonchev–Trinajstić information content (AvgIpc) is 2.20. The molecule has 2 rings (SSSR count). The molecule has 1 nitrogen and oxygen atoms in total. The lowest BCUT2D eigenvalue weighted by Crippen LogP contribution is -2.28. The number of hydrogen-bond acceptors (Lipinski definition) is 1. The van der Waals surface area contributed by atoms with Gasteiger partial charge in [-0.2, -0.15) is 0 Å². The van der Waals surface area contributed by atoms with Crippen molar-refractivity contribution in [2.75, 3.05) is 13.1 Å². The molecule has 1 aromatic rings. The normalized spacial score (nSPS) is 23.0. The monoisotopic (exact) mass is 179 g/mol. The van der Waals surface area contributed by atoms with Gasteiger partial charge in [-0.15, -0.1) is 0 Å². The van der Waals surface area contributed by atoms with Crippen LogP contribution in [-0.4, -0.2) is 13.1 Å². The van der Waals surface area contributed by atoms with Crippen LogP contribution < -0.4 is 5.32 Å². The summed E-state index contributed by atoms with van der Waals surface area (Å²) in [7, 11) is 0. The van der Waals surface area contributed by atoms with E-state index in [9.17, 15) is 4.39 Å². The van der Waals surface area contributed by atoms with Crippen molar-refractivity contribution in [2.24, 2.45) is 0 Å². The highest BCUT2D eigenvalue weighted by Crippen LogP contribution is 2.22. The van der Waals surface area contributed by atoms with E-state index in [1.54, 1.807) is 12.1 Å². The first kappa shape index (κ1) is 8.70. The van der Waals surface area contributed by atoms with Crippen LogP contribution in [0, 0.1) is 5.82 Å². The number of hydrogen-bond donors (Lipinski definition) is 1. The zero-order valence-electron chi connectivity index (χ0n) is 7.59. The Bertz CT molecular complexity index is 262. The van der Waals surface area contributed by atoms with Gasteiger partial charge in [0.2, 0.25) is 0 Å². The van der Waals surface area contributed by atoms with E-state index in [1.165, 1.54) is 18.4 Å². The van der Waals surface area contributed by atoms with Gasteiger partial charge >= 0.3 is 0 Å². The minimum Gasteiger partial charge on any atom is -0.316 e. The van der Waals surface area contributed by atoms with Gasteiger partial charge in [-0.1, -0.05) is 12.1 Å². The zero-order valence-corrected chi connectivity index (χ0v) is 7.59. The van der Waals surface area contributed by atoms with Crippen LogP contribution in [-0.2, 0) is 0 Å². The van der Waals surface area contributed by atoms with Gasteiger partial charge in [0.1, 0.15) is 5.82 Å². The first-order chi connectivity index (χ1) is 6.36. The molecule has 0 unspecified atom stereocenters. The summed E-state index contributed by atoms with van der Waals surface area (Å²) in [4.78, 5) is 0. The van der Waals surface area contributed by atoms with Crippen LogP contribution in [0.25, 0.3) is 0 Å². The summed E-state index contributed by atoms with van der Waals surface area (Å²) in [6.07, 6.45) is 2.45. The first-order valence-corrected chi connectivity index (χ1v) is 4.82. The molecule has 1 fully saturated rings. The molecule has 2 heteroatoms. The third-order valence-corrected chi connectivity index (χ3v) is 2.64. The molecular formula is C11H14FN. The fourth-order valence-corrected chi connectivity index (χ4v) is 1.87. The Hall–Kier alpha value is -0.890. The molecule has 0 radical (unpaired) electrons. The molecule has 1 N–H and O–H groups in total. The summed E-state index contributed by atoms with van der Waals surface area (Å²) < 4.78 is 12.6. The Morgan fingerprint density at radius 1 is 1.23 bits per heavy atom. The highest BCUT2D eigenvalue weighted by molar-refractivity contribution is 5.21. The molecule has 0 aromatic heterocycles. The molecule has 1 heterocycles. The van der Waals surface area contributed by atoms with Gasteiger partial charge in [0.15, 0.2) is 0 Å². The summed E-state index contributed by atoms with van der Waals surface area (Å²) >= 11 is 0. The Labute approximate surface area is 78.0 Å². The lowest BCUT2D eigenvalue weighted by atomic mass is 9.92. The van der Waals surface area contributed by atoms with Crippen molar-refractivity contribution < 1.29 is 4.39 Å². The van der Waals surface area contributed by atoms with Crippen LogP contribution in [0.2, 0.25) is 0 Å². The minimum atomic E-state index is -0.146. The van der Waals surface area contributed by atoms with E-state index in [2.05, 4.69) is 5.32 Å². The molecular weight excluding hydrogens is 165 g/mol. The van der Waals surface area contributed by atoms with Crippen LogP contribution in [0.15, 0.2) is 24.3 Å². The first-order valence-electron chi connectivity index (χ1n) is 4.82. The molecule has 1 aromatic carbocycles. The summed E-state index contributed by atoms with van der Waals surface area (Å²) in [6.45, 7) is 2.16. The van der Waals surface area contributed by atoms with E-state index in [0.29, 0.717) is 5.92 Å². The lowest BCUT2D eigenvalue weighted by Gasteiger charge is -2.22. The fraction of sp³-hybridized carbons (Fsp3) is 0.455. The van der Waals surface area contributed by atoms with Crippen molar-refractivity contribution in [3.63, 3.8) is 0 Å². The van der Waals surface area contributed by atoms with E-state index in [4.69, 9.17) is 0 Å². The number of piperidine rings is 1. The van der Waals surface area contributed by atoms with Gasteiger partial charge in [-0.25, -0.2) is 4.39 Å². The number of halogens is 1. The van der Waals surface area contributed by atoms with Crippen molar-refractivity contribution >= 4 is 0 Å². The maximum atomic E-state index is 12.6. The molecule has 0 bridgehead atoms. The Morgan fingerprint density at radius 2 is 2.00 bits per heavy atom. The molecule has 1 aliphatic rings. The third-order valence-electron chi connectivity index (χ3n) is 2.64. The van der Waals surface area contributed by atoms with E-state index < -0.39 is 0 Å². The predicted octanol–water partition coefficient (Wildman–Crippen LogP) is 2.29. The number of nitrogens with one attached hydrogen (secondary N) is 1. The van der Waals surface area contributed by atoms with Gasteiger partial charge in [-0.3, -0.25) is 0 Å². The Kier molecular flexibility index (Phi) is 2.60. The molecule has 0 spiro atoms. The molecule has 1 atom stereocenters. The van der Waals surface area contributed by atoms with E-state index in [0.717, 1.165) is 13.1 Å². The summed E-state index contributed by atoms with van der Waals surface area (Å²) in [5.74, 6) is 0.432. The van der Waals surface area contributed by atoms with Crippen molar-refractivity contribution in [2.45, 2.75) is 18.8 Å². The van der Waals surface area contributed by atoms with Gasteiger partial charge in [0.25, 0.3) is 0 Å². The largest absolute Gasteiger partial charge is 0.316 e. The number of rotatable bonds is 1. The van der Waals surface area contributed by atoms with Crippen molar-refractivity contribution in [1.82, 2.24) is 5.32 Å². The average molecular weight is 179 g/mol. The zero-order chi connectivity index (χ0) is 9.10. The molecule has 0 amide bonds. The van der Waals surface area contributed by atoms with E-state index in [1.807, 2.05) is 12.1 Å². The van der Waals surface area contributed by atoms with Crippen molar-refractivity contribution in [3.05, 3.63) is 35.6 Å². The van der Waals surface area contributed by atoms with E-state index >= 15 is 0 Å². The molecule has 1 saturated heterocycles. The van der Waals surface area contributed by atoms with Crippen LogP contribution >= 0.6 is 0 Å². The highest BCUT2D eigenvalue weighted by Gasteiger charge is 2.14. The standard InChI is InChI=1S/C11H14FN/c12-11-5-3-9(4-6-11)10-2-1-7-13-8-10/h3-6,10,13H,1-2,7-8H2/t10-/m0/s1. The third kappa shape index (κ3) is 2.07. The second-order valence-electron chi connectivity index (χ2n) is 3.59. The maximum Gasteiger partial charge on any atom is 0.123 e. The van der Waals surface area contributed by atoms with Crippen LogP contribution in [0.5, 0.6) is 0 Å². The van der Waals surface area contributed by atoms with E-state index in [-0.39, 0.29) is 5.82 Å². The second kappa shape index (κ2) is 3.88.